The molecule has 0 aliphatic heterocycles. The molecule has 0 unspecified atom stereocenters. The highest BCUT2D eigenvalue weighted by Crippen LogP contribution is 2.33. The van der Waals surface area contributed by atoms with Crippen LogP contribution in [0.1, 0.15) is 25.5 Å². The molecule has 6 rings (SSSR count). The molecule has 6 aromatic rings. The summed E-state index contributed by atoms with van der Waals surface area (Å²) >= 11 is 0. The number of aromatic amines is 2. The molecule has 3 N–H and O–H groups in total. The van der Waals surface area contributed by atoms with Crippen molar-refractivity contribution in [2.45, 2.75) is 26.7 Å². The maximum absolute atomic E-state index is 12.0. The summed E-state index contributed by atoms with van der Waals surface area (Å²) in [5.74, 6) is -0.0268. The van der Waals surface area contributed by atoms with Crippen LogP contribution >= 0.6 is 0 Å². The first-order chi connectivity index (χ1) is 17.6. The van der Waals surface area contributed by atoms with Crippen molar-refractivity contribution in [3.63, 3.8) is 0 Å². The molecule has 1 amide bonds. The summed E-state index contributed by atoms with van der Waals surface area (Å²) in [4.78, 5) is 28.8. The van der Waals surface area contributed by atoms with Crippen molar-refractivity contribution in [2.75, 3.05) is 5.32 Å². The fraction of sp³-hybridized carbons (Fsp3) is 0.148. The predicted octanol–water partition coefficient (Wildman–Crippen LogP) is 5.40. The van der Waals surface area contributed by atoms with Crippen LogP contribution in [0.2, 0.25) is 0 Å². The Bertz CT molecular complexity index is 1720. The van der Waals surface area contributed by atoms with Crippen LogP contribution in [-0.4, -0.2) is 40.6 Å². The lowest BCUT2D eigenvalue weighted by Crippen LogP contribution is -2.10. The molecule has 0 aliphatic rings. The number of rotatable bonds is 6. The number of hydrogen-bond donors (Lipinski definition) is 3. The molecule has 0 saturated carbocycles. The molecule has 0 saturated heterocycles. The van der Waals surface area contributed by atoms with Gasteiger partial charge in [0.05, 0.1) is 52.7 Å². The largest absolute Gasteiger partial charge is 0.353 e. The third kappa shape index (κ3) is 3.90. The number of hydrogen-bond acceptors (Lipinski definition) is 5. The molecule has 0 aliphatic carbocycles. The van der Waals surface area contributed by atoms with E-state index in [2.05, 4.69) is 53.6 Å². The van der Waals surface area contributed by atoms with E-state index in [-0.39, 0.29) is 5.91 Å². The number of carbonyl (C=O) groups is 1. The van der Waals surface area contributed by atoms with Crippen molar-refractivity contribution in [3.05, 3.63) is 73.2 Å². The molecule has 1 aromatic carbocycles. The number of imidazole rings is 1. The monoisotopic (exact) mass is 476 g/mol. The molecule has 9 nitrogen and oxygen atoms in total. The number of fused-ring (bicyclic) bond motifs is 2. The van der Waals surface area contributed by atoms with E-state index >= 15 is 0 Å². The van der Waals surface area contributed by atoms with E-state index in [1.807, 2.05) is 49.1 Å². The minimum atomic E-state index is -0.0268. The van der Waals surface area contributed by atoms with Gasteiger partial charge in [0.25, 0.3) is 0 Å². The van der Waals surface area contributed by atoms with Gasteiger partial charge in [-0.25, -0.2) is 4.98 Å². The average Bonchev–Trinajstić information content (AvgIpc) is 3.61. The Morgan fingerprint density at radius 2 is 1.97 bits per heavy atom. The zero-order valence-corrected chi connectivity index (χ0v) is 19.9. The highest BCUT2D eigenvalue weighted by Gasteiger charge is 2.15. The van der Waals surface area contributed by atoms with Crippen LogP contribution in [0.15, 0.2) is 67.5 Å². The molecule has 178 valence electrons. The number of pyridine rings is 2. The lowest BCUT2D eigenvalue weighted by Gasteiger charge is -2.06. The number of aryl methyl sites for hydroxylation is 1. The Morgan fingerprint density at radius 1 is 1.06 bits per heavy atom. The van der Waals surface area contributed by atoms with Gasteiger partial charge in [-0.2, -0.15) is 5.10 Å². The average molecular weight is 477 g/mol. The molecule has 36 heavy (non-hydrogen) atoms. The predicted molar refractivity (Wildman–Crippen MR) is 140 cm³/mol. The number of anilines is 1. The van der Waals surface area contributed by atoms with E-state index in [1.165, 1.54) is 0 Å². The number of carbonyl (C=O) groups excluding carboxylic acids is 1. The van der Waals surface area contributed by atoms with Crippen molar-refractivity contribution in [1.82, 2.24) is 34.7 Å². The van der Waals surface area contributed by atoms with Crippen molar-refractivity contribution >= 4 is 33.4 Å². The summed E-state index contributed by atoms with van der Waals surface area (Å²) in [7, 11) is 0. The van der Waals surface area contributed by atoms with Crippen molar-refractivity contribution in [2.24, 2.45) is 0 Å². The summed E-state index contributed by atoms with van der Waals surface area (Å²) in [6, 6.07) is 12.1. The fourth-order valence-electron chi connectivity index (χ4n) is 4.42. The van der Waals surface area contributed by atoms with Gasteiger partial charge >= 0.3 is 0 Å². The van der Waals surface area contributed by atoms with Crippen LogP contribution < -0.4 is 5.32 Å². The second-order valence-electron chi connectivity index (χ2n) is 8.79. The summed E-state index contributed by atoms with van der Waals surface area (Å²) in [5, 5.41) is 12.6. The smallest absolute Gasteiger partial charge is 0.224 e. The van der Waals surface area contributed by atoms with Gasteiger partial charge in [-0.05, 0) is 43.7 Å². The fourth-order valence-corrected chi connectivity index (χ4v) is 4.42. The maximum atomic E-state index is 12.0. The van der Waals surface area contributed by atoms with Crippen molar-refractivity contribution in [1.29, 1.82) is 0 Å². The Morgan fingerprint density at radius 3 is 2.81 bits per heavy atom. The van der Waals surface area contributed by atoms with Gasteiger partial charge in [0.2, 0.25) is 5.91 Å². The highest BCUT2D eigenvalue weighted by atomic mass is 16.1. The molecule has 0 spiro atoms. The summed E-state index contributed by atoms with van der Waals surface area (Å²) in [6.07, 6.45) is 10.2. The van der Waals surface area contributed by atoms with Crippen molar-refractivity contribution < 1.29 is 4.79 Å². The molecule has 9 heteroatoms. The zero-order valence-electron chi connectivity index (χ0n) is 19.9. The summed E-state index contributed by atoms with van der Waals surface area (Å²) in [5.41, 5.74) is 7.77. The van der Waals surface area contributed by atoms with Gasteiger partial charge in [0.15, 0.2) is 0 Å². The topological polar surface area (TPSA) is 117 Å². The molecule has 5 heterocycles. The Labute approximate surface area is 206 Å². The normalized spacial score (nSPS) is 11.4. The van der Waals surface area contributed by atoms with Gasteiger partial charge in [-0.1, -0.05) is 13.0 Å². The summed E-state index contributed by atoms with van der Waals surface area (Å²) in [6.45, 7) is 3.95. The Balaban J connectivity index is 1.40. The van der Waals surface area contributed by atoms with E-state index in [1.54, 1.807) is 18.6 Å². The van der Waals surface area contributed by atoms with E-state index in [4.69, 9.17) is 0 Å². The molecular weight excluding hydrogens is 452 g/mol. The third-order valence-corrected chi connectivity index (χ3v) is 6.13. The van der Waals surface area contributed by atoms with Gasteiger partial charge < -0.3 is 14.9 Å². The van der Waals surface area contributed by atoms with E-state index in [9.17, 15) is 4.79 Å². The third-order valence-electron chi connectivity index (χ3n) is 6.13. The highest BCUT2D eigenvalue weighted by molar-refractivity contribution is 5.99. The molecule has 0 radical (unpaired) electrons. The molecule has 5 aromatic heterocycles. The SMILES string of the molecule is CCCC(=O)Nc1cncc(-c2cc3c(-c4cc5c(-n6cnc(C)c6)cccc5[nH]4)n[nH]c3cn2)c1. The first-order valence-electron chi connectivity index (χ1n) is 11.8. The second-order valence-corrected chi connectivity index (χ2v) is 8.79. The summed E-state index contributed by atoms with van der Waals surface area (Å²) < 4.78 is 2.03. The van der Waals surface area contributed by atoms with Crippen molar-refractivity contribution in [3.8, 4) is 28.3 Å². The number of benzene rings is 1. The minimum Gasteiger partial charge on any atom is -0.353 e. The van der Waals surface area contributed by atoms with Crippen LogP contribution in [0, 0.1) is 6.92 Å². The minimum absolute atomic E-state index is 0.0268. The number of nitrogens with one attached hydrogen (secondary N) is 3. The molecule has 0 bridgehead atoms. The Hall–Kier alpha value is -4.79. The number of amides is 1. The molecule has 0 fully saturated rings. The number of nitrogens with zero attached hydrogens (tertiary/aromatic N) is 5. The van der Waals surface area contributed by atoms with Gasteiger partial charge in [-0.15, -0.1) is 0 Å². The Kier molecular flexibility index (Phi) is 5.29. The zero-order chi connectivity index (χ0) is 24.6. The van der Waals surface area contributed by atoms with Gasteiger partial charge in [0.1, 0.15) is 5.69 Å². The van der Waals surface area contributed by atoms with E-state index in [0.717, 1.165) is 62.3 Å². The number of aromatic nitrogens is 7. The number of H-pyrrole nitrogens is 2. The lowest BCUT2D eigenvalue weighted by atomic mass is 10.1. The van der Waals surface area contributed by atoms with Crippen LogP contribution in [0.4, 0.5) is 5.69 Å². The molecule has 0 atom stereocenters. The lowest BCUT2D eigenvalue weighted by molar-refractivity contribution is -0.116. The van der Waals surface area contributed by atoms with Crippen LogP contribution in [0.25, 0.3) is 50.1 Å². The van der Waals surface area contributed by atoms with Gasteiger partial charge in [-0.3, -0.25) is 19.9 Å². The maximum Gasteiger partial charge on any atom is 0.224 e. The second kappa shape index (κ2) is 8.77. The van der Waals surface area contributed by atoms with E-state index < -0.39 is 0 Å². The quantitative estimate of drug-likeness (QED) is 0.297. The van der Waals surface area contributed by atoms with E-state index in [0.29, 0.717) is 12.1 Å². The standard InChI is InChI=1S/C27H24N8O/c1-3-5-26(36)31-18-8-17(11-28-12-18)22-10-20-24(13-29-22)33-34-27(20)23-9-19-21(32-23)6-4-7-25(19)35-14-16(2)30-15-35/h4,6-15,32H,3,5H2,1-2H3,(H,31,36)(H,33,34). The van der Waals surface area contributed by atoms with Crippen LogP contribution in [-0.2, 0) is 4.79 Å². The van der Waals surface area contributed by atoms with Crippen LogP contribution in [0.5, 0.6) is 0 Å². The van der Waals surface area contributed by atoms with Crippen LogP contribution in [0.3, 0.4) is 0 Å². The first-order valence-corrected chi connectivity index (χ1v) is 11.8. The molecular formula is C27H24N8O. The first kappa shape index (κ1) is 21.7. The van der Waals surface area contributed by atoms with Gasteiger partial charge in [0, 0.05) is 40.7 Å².